The van der Waals surface area contributed by atoms with Crippen molar-refractivity contribution in [3.63, 3.8) is 0 Å². The average molecular weight is 356 g/mol. The van der Waals surface area contributed by atoms with Gasteiger partial charge in [0.1, 0.15) is 17.7 Å². The number of nitrogen functional groups attached to an aromatic ring is 1. The van der Waals surface area contributed by atoms with E-state index in [4.69, 9.17) is 11.5 Å². The number of likely N-dealkylation sites (tertiary alicyclic amines) is 1. The standard InChI is InChI=1S/C20H25FN4O/c1-25-9-14(15(21)10-25)19-18(11-6-7-11)13(20(23)24-19)8-16(22)12-4-2-3-5-17(12)26/h2-5,8,11,14-15,24,26H,6-7,9-10,22-23H2,1H3/b16-8-. The molecular formula is C20H25FN4O. The predicted molar refractivity (Wildman–Crippen MR) is 102 cm³/mol. The van der Waals surface area contributed by atoms with E-state index in [-0.39, 0.29) is 11.7 Å². The van der Waals surface area contributed by atoms with E-state index in [0.717, 1.165) is 29.7 Å². The number of rotatable bonds is 4. The highest BCUT2D eigenvalue weighted by Gasteiger charge is 2.39. The molecule has 6 heteroatoms. The Morgan fingerprint density at radius 2 is 2.04 bits per heavy atom. The summed E-state index contributed by atoms with van der Waals surface area (Å²) in [4.78, 5) is 5.26. The van der Waals surface area contributed by atoms with Crippen LogP contribution in [0.3, 0.4) is 0 Å². The van der Waals surface area contributed by atoms with Gasteiger partial charge in [-0.05, 0) is 49.6 Å². The van der Waals surface area contributed by atoms with E-state index in [1.54, 1.807) is 18.2 Å². The second kappa shape index (κ2) is 6.36. The van der Waals surface area contributed by atoms with Gasteiger partial charge in [0.25, 0.3) is 0 Å². The summed E-state index contributed by atoms with van der Waals surface area (Å²) in [6.07, 6.45) is 3.08. The summed E-state index contributed by atoms with van der Waals surface area (Å²) in [6.45, 7) is 1.12. The van der Waals surface area contributed by atoms with Gasteiger partial charge in [0.15, 0.2) is 0 Å². The van der Waals surface area contributed by atoms with E-state index < -0.39 is 6.17 Å². The summed E-state index contributed by atoms with van der Waals surface area (Å²) in [6, 6.07) is 6.95. The van der Waals surface area contributed by atoms with Crippen LogP contribution in [0.5, 0.6) is 5.75 Å². The fourth-order valence-corrected chi connectivity index (χ4v) is 4.00. The number of hydrogen-bond acceptors (Lipinski definition) is 4. The van der Waals surface area contributed by atoms with Crippen LogP contribution in [0.25, 0.3) is 11.8 Å². The number of para-hydroxylation sites is 1. The van der Waals surface area contributed by atoms with Crippen molar-refractivity contribution in [2.24, 2.45) is 5.73 Å². The third-order valence-corrected chi connectivity index (χ3v) is 5.44. The summed E-state index contributed by atoms with van der Waals surface area (Å²) in [5.41, 5.74) is 16.4. The van der Waals surface area contributed by atoms with Crippen molar-refractivity contribution in [2.75, 3.05) is 25.9 Å². The van der Waals surface area contributed by atoms with Crippen molar-refractivity contribution >= 4 is 17.6 Å². The Morgan fingerprint density at radius 3 is 2.65 bits per heavy atom. The molecule has 2 heterocycles. The molecule has 0 amide bonds. The van der Waals surface area contributed by atoms with Gasteiger partial charge in [0.05, 0.1) is 0 Å². The first-order valence-corrected chi connectivity index (χ1v) is 9.05. The summed E-state index contributed by atoms with van der Waals surface area (Å²) in [5, 5.41) is 10.0. The molecule has 5 nitrogen and oxygen atoms in total. The molecule has 4 rings (SSSR count). The lowest BCUT2D eigenvalue weighted by atomic mass is 9.94. The number of phenolic OH excluding ortho intramolecular Hbond substituents is 1. The fourth-order valence-electron chi connectivity index (χ4n) is 4.00. The molecule has 1 aliphatic carbocycles. The van der Waals surface area contributed by atoms with Gasteiger partial charge in [-0.3, -0.25) is 0 Å². The number of aromatic hydroxyl groups is 1. The molecule has 1 aromatic heterocycles. The molecule has 2 aliphatic rings. The third kappa shape index (κ3) is 2.94. The number of phenols is 1. The zero-order valence-corrected chi connectivity index (χ0v) is 14.9. The molecule has 2 aromatic rings. The van der Waals surface area contributed by atoms with Crippen LogP contribution < -0.4 is 11.5 Å². The van der Waals surface area contributed by atoms with Crippen molar-refractivity contribution in [2.45, 2.75) is 30.8 Å². The highest BCUT2D eigenvalue weighted by molar-refractivity contribution is 5.86. The summed E-state index contributed by atoms with van der Waals surface area (Å²) in [7, 11) is 1.94. The van der Waals surface area contributed by atoms with E-state index >= 15 is 0 Å². The molecule has 0 bridgehead atoms. The summed E-state index contributed by atoms with van der Waals surface area (Å²) in [5.74, 6) is 0.860. The summed E-state index contributed by atoms with van der Waals surface area (Å²) < 4.78 is 14.5. The maximum absolute atomic E-state index is 14.5. The van der Waals surface area contributed by atoms with E-state index in [9.17, 15) is 9.50 Å². The van der Waals surface area contributed by atoms with Gasteiger partial charge in [-0.1, -0.05) is 12.1 Å². The maximum Gasteiger partial charge on any atom is 0.124 e. The van der Waals surface area contributed by atoms with E-state index in [1.165, 1.54) is 0 Å². The second-order valence-electron chi connectivity index (χ2n) is 7.51. The number of nitrogens with one attached hydrogen (secondary N) is 1. The van der Waals surface area contributed by atoms with Crippen molar-refractivity contribution in [3.8, 4) is 5.75 Å². The number of anilines is 1. The predicted octanol–water partition coefficient (Wildman–Crippen LogP) is 3.00. The Labute approximate surface area is 152 Å². The quantitative estimate of drug-likeness (QED) is 0.678. The molecule has 6 N–H and O–H groups in total. The lowest BCUT2D eigenvalue weighted by molar-refractivity contribution is 0.307. The highest BCUT2D eigenvalue weighted by Crippen LogP contribution is 2.48. The Bertz CT molecular complexity index is 855. The Morgan fingerprint density at radius 1 is 1.31 bits per heavy atom. The Kier molecular flexibility index (Phi) is 4.15. The number of H-pyrrole nitrogens is 1. The molecule has 1 aliphatic heterocycles. The van der Waals surface area contributed by atoms with Crippen LogP contribution in [-0.2, 0) is 0 Å². The van der Waals surface area contributed by atoms with Crippen LogP contribution >= 0.6 is 0 Å². The monoisotopic (exact) mass is 356 g/mol. The van der Waals surface area contributed by atoms with Crippen molar-refractivity contribution in [1.82, 2.24) is 9.88 Å². The maximum atomic E-state index is 14.5. The number of benzene rings is 1. The van der Waals surface area contributed by atoms with Crippen LogP contribution in [-0.4, -0.2) is 41.3 Å². The number of likely N-dealkylation sites (N-methyl/N-ethyl adjacent to an activating group) is 1. The van der Waals surface area contributed by atoms with E-state index in [2.05, 4.69) is 4.98 Å². The number of halogens is 1. The minimum Gasteiger partial charge on any atom is -0.507 e. The summed E-state index contributed by atoms with van der Waals surface area (Å²) >= 11 is 0. The normalized spacial score (nSPS) is 24.3. The van der Waals surface area contributed by atoms with E-state index in [1.807, 2.05) is 24.1 Å². The number of nitrogens with two attached hydrogens (primary N) is 2. The molecule has 1 aromatic carbocycles. The largest absolute Gasteiger partial charge is 0.507 e. The molecule has 2 unspecified atom stereocenters. The first kappa shape index (κ1) is 17.0. The number of nitrogens with zero attached hydrogens (tertiary/aromatic N) is 1. The third-order valence-electron chi connectivity index (χ3n) is 5.44. The van der Waals surface area contributed by atoms with E-state index in [0.29, 0.717) is 36.1 Å². The van der Waals surface area contributed by atoms with Crippen LogP contribution in [0, 0.1) is 0 Å². The minimum absolute atomic E-state index is 0.129. The van der Waals surface area contributed by atoms with Crippen LogP contribution in [0.15, 0.2) is 24.3 Å². The molecule has 0 radical (unpaired) electrons. The first-order chi connectivity index (χ1) is 12.5. The van der Waals surface area contributed by atoms with Gasteiger partial charge in [0, 0.05) is 41.5 Å². The number of hydrogen-bond donors (Lipinski definition) is 4. The Hall–Kier alpha value is -2.47. The number of alkyl halides is 1. The van der Waals surface area contributed by atoms with Crippen molar-refractivity contribution < 1.29 is 9.50 Å². The number of aromatic amines is 1. The lowest BCUT2D eigenvalue weighted by Gasteiger charge is -2.14. The zero-order valence-electron chi connectivity index (χ0n) is 14.9. The van der Waals surface area contributed by atoms with Gasteiger partial charge in [-0.2, -0.15) is 0 Å². The number of aromatic nitrogens is 1. The van der Waals surface area contributed by atoms with Gasteiger partial charge >= 0.3 is 0 Å². The van der Waals surface area contributed by atoms with Crippen LogP contribution in [0.4, 0.5) is 10.2 Å². The molecule has 2 atom stereocenters. The SMILES string of the molecule is CN1CC(F)C(c2[nH]c(N)c(/C=C(\N)c3ccccc3O)c2C2CC2)C1. The Balaban J connectivity index is 1.77. The second-order valence-corrected chi connectivity index (χ2v) is 7.51. The highest BCUT2D eigenvalue weighted by atomic mass is 19.1. The first-order valence-electron chi connectivity index (χ1n) is 9.05. The smallest absolute Gasteiger partial charge is 0.124 e. The van der Waals surface area contributed by atoms with Crippen LogP contribution in [0.2, 0.25) is 0 Å². The average Bonchev–Trinajstić information content (AvgIpc) is 3.30. The van der Waals surface area contributed by atoms with Crippen molar-refractivity contribution in [1.29, 1.82) is 0 Å². The molecular weight excluding hydrogens is 331 g/mol. The lowest BCUT2D eigenvalue weighted by Crippen LogP contribution is -2.14. The van der Waals surface area contributed by atoms with Gasteiger partial charge in [-0.25, -0.2) is 4.39 Å². The van der Waals surface area contributed by atoms with Crippen LogP contribution in [0.1, 0.15) is 47.1 Å². The molecule has 26 heavy (non-hydrogen) atoms. The zero-order chi connectivity index (χ0) is 18.4. The van der Waals surface area contributed by atoms with Gasteiger partial charge in [0.2, 0.25) is 0 Å². The van der Waals surface area contributed by atoms with Gasteiger partial charge < -0.3 is 26.5 Å². The molecule has 2 fully saturated rings. The minimum atomic E-state index is -0.900. The molecule has 1 saturated carbocycles. The molecule has 1 saturated heterocycles. The topological polar surface area (TPSA) is 91.3 Å². The molecule has 0 spiro atoms. The van der Waals surface area contributed by atoms with Gasteiger partial charge in [-0.15, -0.1) is 0 Å². The van der Waals surface area contributed by atoms with Crippen molar-refractivity contribution in [3.05, 3.63) is 46.6 Å². The fraction of sp³-hybridized carbons (Fsp3) is 0.400. The molecule has 138 valence electrons.